The SMILES string of the molecule is CC(C)(C)C(CCO)NC(=O)Cc1csc(-c2ccccn2)n1. The van der Waals surface area contributed by atoms with Gasteiger partial charge in [0.25, 0.3) is 0 Å². The molecular weight excluding hydrogens is 310 g/mol. The third-order valence-electron chi connectivity index (χ3n) is 3.58. The molecule has 2 heterocycles. The molecule has 0 fully saturated rings. The van der Waals surface area contributed by atoms with E-state index in [1.165, 1.54) is 11.3 Å². The first-order chi connectivity index (χ1) is 10.9. The topological polar surface area (TPSA) is 75.1 Å². The van der Waals surface area contributed by atoms with E-state index in [2.05, 4.69) is 36.1 Å². The standard InChI is InChI=1S/C17H23N3O2S/c1-17(2,3)14(7-9-21)20-15(22)10-12-11-23-16(19-12)13-6-4-5-8-18-13/h4-6,8,11,14,21H,7,9-10H2,1-3H3,(H,20,22). The van der Waals surface area contributed by atoms with E-state index in [0.29, 0.717) is 6.42 Å². The summed E-state index contributed by atoms with van der Waals surface area (Å²) in [5.41, 5.74) is 1.46. The summed E-state index contributed by atoms with van der Waals surface area (Å²) in [5, 5.41) is 14.9. The molecule has 0 aliphatic heterocycles. The number of thiazole rings is 1. The third kappa shape index (κ3) is 5.11. The van der Waals surface area contributed by atoms with Crippen LogP contribution < -0.4 is 5.32 Å². The minimum atomic E-state index is -0.0976. The van der Waals surface area contributed by atoms with Gasteiger partial charge >= 0.3 is 0 Å². The molecule has 0 spiro atoms. The summed E-state index contributed by atoms with van der Waals surface area (Å²) in [5.74, 6) is -0.0729. The van der Waals surface area contributed by atoms with Crippen molar-refractivity contribution < 1.29 is 9.90 Å². The zero-order valence-electron chi connectivity index (χ0n) is 13.7. The van der Waals surface area contributed by atoms with Crippen LogP contribution in [0.3, 0.4) is 0 Å². The van der Waals surface area contributed by atoms with Gasteiger partial charge < -0.3 is 10.4 Å². The molecule has 6 heteroatoms. The van der Waals surface area contributed by atoms with Crippen LogP contribution in [-0.2, 0) is 11.2 Å². The van der Waals surface area contributed by atoms with Gasteiger partial charge in [0, 0.05) is 24.2 Å². The summed E-state index contributed by atoms with van der Waals surface area (Å²) < 4.78 is 0. The Morgan fingerprint density at radius 2 is 2.17 bits per heavy atom. The van der Waals surface area contributed by atoms with Crippen LogP contribution in [0.15, 0.2) is 29.8 Å². The maximum Gasteiger partial charge on any atom is 0.226 e. The van der Waals surface area contributed by atoms with E-state index >= 15 is 0 Å². The highest BCUT2D eigenvalue weighted by molar-refractivity contribution is 7.13. The first-order valence-corrected chi connectivity index (χ1v) is 8.54. The molecule has 1 atom stereocenters. The van der Waals surface area contributed by atoms with Crippen LogP contribution in [0.1, 0.15) is 32.9 Å². The van der Waals surface area contributed by atoms with Crippen molar-refractivity contribution >= 4 is 17.2 Å². The average Bonchev–Trinajstić information content (AvgIpc) is 2.95. The molecule has 0 aliphatic carbocycles. The number of aromatic nitrogens is 2. The molecule has 2 N–H and O–H groups in total. The lowest BCUT2D eigenvalue weighted by Crippen LogP contribution is -2.44. The van der Waals surface area contributed by atoms with Crippen LogP contribution in [-0.4, -0.2) is 33.6 Å². The van der Waals surface area contributed by atoms with E-state index in [0.717, 1.165) is 16.4 Å². The van der Waals surface area contributed by atoms with Crippen LogP contribution in [0, 0.1) is 5.41 Å². The van der Waals surface area contributed by atoms with Gasteiger partial charge in [-0.25, -0.2) is 4.98 Å². The maximum atomic E-state index is 12.2. The molecule has 0 radical (unpaired) electrons. The lowest BCUT2D eigenvalue weighted by molar-refractivity contribution is -0.122. The van der Waals surface area contributed by atoms with Gasteiger partial charge in [0.15, 0.2) is 0 Å². The van der Waals surface area contributed by atoms with Crippen molar-refractivity contribution in [2.45, 2.75) is 39.7 Å². The van der Waals surface area contributed by atoms with Crippen LogP contribution in [0.2, 0.25) is 0 Å². The number of aliphatic hydroxyl groups is 1. The highest BCUT2D eigenvalue weighted by Gasteiger charge is 2.25. The zero-order chi connectivity index (χ0) is 16.9. The van der Waals surface area contributed by atoms with Gasteiger partial charge in [-0.15, -0.1) is 11.3 Å². The molecule has 23 heavy (non-hydrogen) atoms. The smallest absolute Gasteiger partial charge is 0.226 e. The second-order valence-corrected chi connectivity index (χ2v) is 7.39. The quantitative estimate of drug-likeness (QED) is 0.852. The fourth-order valence-corrected chi connectivity index (χ4v) is 3.05. The second kappa shape index (κ2) is 7.66. The van der Waals surface area contributed by atoms with Gasteiger partial charge in [0.2, 0.25) is 5.91 Å². The predicted molar refractivity (Wildman–Crippen MR) is 92.1 cm³/mol. The van der Waals surface area contributed by atoms with Crippen molar-refractivity contribution in [1.29, 1.82) is 0 Å². The van der Waals surface area contributed by atoms with Gasteiger partial charge in [0.1, 0.15) is 5.01 Å². The monoisotopic (exact) mass is 333 g/mol. The van der Waals surface area contributed by atoms with E-state index in [4.69, 9.17) is 5.11 Å². The van der Waals surface area contributed by atoms with E-state index < -0.39 is 0 Å². The summed E-state index contributed by atoms with van der Waals surface area (Å²) >= 11 is 1.49. The van der Waals surface area contributed by atoms with E-state index in [1.807, 2.05) is 23.6 Å². The summed E-state index contributed by atoms with van der Waals surface area (Å²) in [6.45, 7) is 6.21. The number of pyridine rings is 1. The van der Waals surface area contributed by atoms with Crippen LogP contribution in [0.5, 0.6) is 0 Å². The molecule has 0 aliphatic rings. The summed E-state index contributed by atoms with van der Waals surface area (Å²) in [7, 11) is 0. The van der Waals surface area contributed by atoms with Crippen molar-refractivity contribution in [3.8, 4) is 10.7 Å². The predicted octanol–water partition coefficient (Wildman–Crippen LogP) is 2.66. The second-order valence-electron chi connectivity index (χ2n) is 6.53. The van der Waals surface area contributed by atoms with E-state index in [-0.39, 0.29) is 30.4 Å². The van der Waals surface area contributed by atoms with E-state index in [1.54, 1.807) is 6.20 Å². The van der Waals surface area contributed by atoms with Crippen molar-refractivity contribution in [1.82, 2.24) is 15.3 Å². The number of carbonyl (C=O) groups excluding carboxylic acids is 1. The van der Waals surface area contributed by atoms with Gasteiger partial charge in [-0.05, 0) is 24.0 Å². The Labute approximate surface area is 140 Å². The molecule has 2 aromatic rings. The Morgan fingerprint density at radius 1 is 1.39 bits per heavy atom. The Hall–Kier alpha value is -1.79. The number of hydrogen-bond acceptors (Lipinski definition) is 5. The largest absolute Gasteiger partial charge is 0.396 e. The van der Waals surface area contributed by atoms with Crippen LogP contribution in [0.25, 0.3) is 10.7 Å². The lowest BCUT2D eigenvalue weighted by atomic mass is 9.85. The fourth-order valence-electron chi connectivity index (χ4n) is 2.26. The van der Waals surface area contributed by atoms with E-state index in [9.17, 15) is 4.79 Å². The molecule has 1 unspecified atom stereocenters. The number of nitrogens with one attached hydrogen (secondary N) is 1. The first kappa shape index (κ1) is 17.6. The third-order valence-corrected chi connectivity index (χ3v) is 4.49. The number of nitrogens with zero attached hydrogens (tertiary/aromatic N) is 2. The molecule has 0 bridgehead atoms. The Balaban J connectivity index is 1.99. The fraction of sp³-hybridized carbons (Fsp3) is 0.471. The van der Waals surface area contributed by atoms with Crippen molar-refractivity contribution in [2.24, 2.45) is 5.41 Å². The van der Waals surface area contributed by atoms with Crippen molar-refractivity contribution in [3.05, 3.63) is 35.5 Å². The Bertz CT molecular complexity index is 635. The number of amides is 1. The van der Waals surface area contributed by atoms with Crippen molar-refractivity contribution in [2.75, 3.05) is 6.61 Å². The maximum absolute atomic E-state index is 12.2. The number of aliphatic hydroxyl groups excluding tert-OH is 1. The Morgan fingerprint density at radius 3 is 2.78 bits per heavy atom. The lowest BCUT2D eigenvalue weighted by Gasteiger charge is -2.31. The highest BCUT2D eigenvalue weighted by Crippen LogP contribution is 2.23. The van der Waals surface area contributed by atoms with Gasteiger partial charge in [-0.2, -0.15) is 0 Å². The van der Waals surface area contributed by atoms with Crippen molar-refractivity contribution in [3.63, 3.8) is 0 Å². The number of rotatable bonds is 6. The molecule has 0 saturated carbocycles. The highest BCUT2D eigenvalue weighted by atomic mass is 32.1. The van der Waals surface area contributed by atoms with Crippen LogP contribution >= 0.6 is 11.3 Å². The molecule has 0 aromatic carbocycles. The number of hydrogen-bond donors (Lipinski definition) is 2. The summed E-state index contributed by atoms with van der Waals surface area (Å²) in [6, 6.07) is 5.62. The van der Waals surface area contributed by atoms with Gasteiger partial charge in [-0.1, -0.05) is 26.8 Å². The summed E-state index contributed by atoms with van der Waals surface area (Å²) in [6.07, 6.45) is 2.51. The molecule has 124 valence electrons. The Kier molecular flexibility index (Phi) is 5.85. The first-order valence-electron chi connectivity index (χ1n) is 7.66. The average molecular weight is 333 g/mol. The molecule has 1 amide bonds. The molecule has 2 aromatic heterocycles. The zero-order valence-corrected chi connectivity index (χ0v) is 14.6. The normalized spacial score (nSPS) is 12.9. The minimum absolute atomic E-state index is 0.0583. The minimum Gasteiger partial charge on any atom is -0.396 e. The molecular formula is C17H23N3O2S. The molecule has 2 rings (SSSR count). The number of carbonyl (C=O) groups is 1. The molecule has 5 nitrogen and oxygen atoms in total. The van der Waals surface area contributed by atoms with Gasteiger partial charge in [0.05, 0.1) is 17.8 Å². The van der Waals surface area contributed by atoms with Crippen LogP contribution in [0.4, 0.5) is 0 Å². The van der Waals surface area contributed by atoms with Gasteiger partial charge in [-0.3, -0.25) is 9.78 Å². The molecule has 0 saturated heterocycles. The summed E-state index contributed by atoms with van der Waals surface area (Å²) in [4.78, 5) is 21.0.